The molecule has 1 saturated heterocycles. The van der Waals surface area contributed by atoms with Crippen molar-refractivity contribution in [3.63, 3.8) is 0 Å². The minimum Gasteiger partial charge on any atom is -0.368 e. The van der Waals surface area contributed by atoms with Crippen LogP contribution >= 0.6 is 0 Å². The van der Waals surface area contributed by atoms with Crippen molar-refractivity contribution < 1.29 is 0 Å². The van der Waals surface area contributed by atoms with Crippen molar-refractivity contribution in [2.75, 3.05) is 31.1 Å². The minimum absolute atomic E-state index is 0.633. The van der Waals surface area contributed by atoms with Crippen LogP contribution in [0, 0.1) is 0 Å². The van der Waals surface area contributed by atoms with Gasteiger partial charge in [0.15, 0.2) is 0 Å². The van der Waals surface area contributed by atoms with Gasteiger partial charge in [-0.2, -0.15) is 0 Å². The Balaban J connectivity index is 1.34. The smallest absolute Gasteiger partial charge is 0.0368 e. The lowest BCUT2D eigenvalue weighted by molar-refractivity contribution is 0.211. The zero-order valence-electron chi connectivity index (χ0n) is 17.3. The third-order valence-electron chi connectivity index (χ3n) is 6.13. The monoisotopic (exact) mass is 384 g/mol. The van der Waals surface area contributed by atoms with E-state index in [9.17, 15) is 0 Å². The van der Waals surface area contributed by atoms with Crippen LogP contribution in [0.4, 0.5) is 5.69 Å². The molecule has 29 heavy (non-hydrogen) atoms. The molecule has 0 spiro atoms. The lowest BCUT2D eigenvalue weighted by Gasteiger charge is -2.40. The van der Waals surface area contributed by atoms with Gasteiger partial charge in [-0.3, -0.25) is 0 Å². The molecule has 0 aromatic heterocycles. The standard InChI is InChI=1S/C27H32N2/c1-4-10-24(11-5-1)16-20-28-21-18-27(19-22-28)29(26-14-8-3-9-15-26)23-17-25-12-6-2-7-13-25/h1-15,27H,16-23H2. The molecule has 0 bridgehead atoms. The van der Waals surface area contributed by atoms with Gasteiger partial charge in [-0.05, 0) is 48.9 Å². The molecule has 4 rings (SSSR count). The Morgan fingerprint density at radius 2 is 1.17 bits per heavy atom. The van der Waals surface area contributed by atoms with E-state index in [4.69, 9.17) is 0 Å². The van der Waals surface area contributed by atoms with Crippen LogP contribution in [0.15, 0.2) is 91.0 Å². The van der Waals surface area contributed by atoms with E-state index in [1.807, 2.05) is 0 Å². The highest BCUT2D eigenvalue weighted by Gasteiger charge is 2.24. The summed E-state index contributed by atoms with van der Waals surface area (Å²) in [5.74, 6) is 0. The number of para-hydroxylation sites is 1. The maximum absolute atomic E-state index is 2.65. The van der Waals surface area contributed by atoms with E-state index in [-0.39, 0.29) is 0 Å². The van der Waals surface area contributed by atoms with E-state index >= 15 is 0 Å². The Labute approximate surface area is 175 Å². The highest BCUT2D eigenvalue weighted by Crippen LogP contribution is 2.24. The molecule has 2 heteroatoms. The lowest BCUT2D eigenvalue weighted by atomic mass is 10.0. The van der Waals surface area contributed by atoms with E-state index in [0.29, 0.717) is 6.04 Å². The van der Waals surface area contributed by atoms with Crippen LogP contribution in [0.25, 0.3) is 0 Å². The molecular weight excluding hydrogens is 352 g/mol. The number of hydrogen-bond acceptors (Lipinski definition) is 2. The first-order valence-corrected chi connectivity index (χ1v) is 11.0. The normalized spacial score (nSPS) is 15.3. The Kier molecular flexibility index (Phi) is 6.98. The maximum Gasteiger partial charge on any atom is 0.0368 e. The molecule has 150 valence electrons. The van der Waals surface area contributed by atoms with Crippen molar-refractivity contribution in [3.8, 4) is 0 Å². The van der Waals surface area contributed by atoms with Crippen LogP contribution in [-0.2, 0) is 12.8 Å². The summed E-state index contributed by atoms with van der Waals surface area (Å²) in [5, 5.41) is 0. The second-order valence-electron chi connectivity index (χ2n) is 8.07. The molecule has 0 aliphatic carbocycles. The molecule has 0 unspecified atom stereocenters. The van der Waals surface area contributed by atoms with Gasteiger partial charge >= 0.3 is 0 Å². The summed E-state index contributed by atoms with van der Waals surface area (Å²) < 4.78 is 0. The third kappa shape index (κ3) is 5.71. The first kappa shape index (κ1) is 19.7. The molecule has 0 radical (unpaired) electrons. The van der Waals surface area contributed by atoms with Gasteiger partial charge in [0.1, 0.15) is 0 Å². The molecular formula is C27H32N2. The highest BCUT2D eigenvalue weighted by molar-refractivity contribution is 5.47. The van der Waals surface area contributed by atoms with Crippen LogP contribution in [0.3, 0.4) is 0 Å². The fourth-order valence-corrected chi connectivity index (χ4v) is 4.42. The fraction of sp³-hybridized carbons (Fsp3) is 0.333. The number of hydrogen-bond donors (Lipinski definition) is 0. The Hall–Kier alpha value is -2.58. The molecule has 2 nitrogen and oxygen atoms in total. The van der Waals surface area contributed by atoms with Crippen molar-refractivity contribution in [3.05, 3.63) is 102 Å². The van der Waals surface area contributed by atoms with Gasteiger partial charge in [0.05, 0.1) is 0 Å². The van der Waals surface area contributed by atoms with Crippen molar-refractivity contribution in [2.24, 2.45) is 0 Å². The predicted octanol–water partition coefficient (Wildman–Crippen LogP) is 5.44. The minimum atomic E-state index is 0.633. The SMILES string of the molecule is c1ccc(CCN2CCC(N(CCc3ccccc3)c3ccccc3)CC2)cc1. The van der Waals surface area contributed by atoms with Gasteiger partial charge in [-0.25, -0.2) is 0 Å². The molecule has 1 aliphatic heterocycles. The first-order valence-electron chi connectivity index (χ1n) is 11.0. The molecule has 3 aromatic rings. The topological polar surface area (TPSA) is 6.48 Å². The molecule has 0 amide bonds. The van der Waals surface area contributed by atoms with Crippen LogP contribution < -0.4 is 4.90 Å². The summed E-state index contributed by atoms with van der Waals surface area (Å²) in [6.45, 7) is 4.66. The van der Waals surface area contributed by atoms with Gasteiger partial charge in [0.25, 0.3) is 0 Å². The molecule has 0 atom stereocenters. The van der Waals surface area contributed by atoms with Gasteiger partial charge in [-0.15, -0.1) is 0 Å². The van der Waals surface area contributed by atoms with E-state index < -0.39 is 0 Å². The largest absolute Gasteiger partial charge is 0.368 e. The second-order valence-corrected chi connectivity index (χ2v) is 8.07. The quantitative estimate of drug-likeness (QED) is 0.510. The first-order chi connectivity index (χ1) is 14.4. The molecule has 3 aromatic carbocycles. The summed E-state index contributed by atoms with van der Waals surface area (Å²) in [6, 6.07) is 33.4. The summed E-state index contributed by atoms with van der Waals surface area (Å²) in [4.78, 5) is 5.30. The Morgan fingerprint density at radius 1 is 0.655 bits per heavy atom. The Bertz CT molecular complexity index is 824. The number of anilines is 1. The summed E-state index contributed by atoms with van der Waals surface area (Å²) in [5.41, 5.74) is 4.24. The van der Waals surface area contributed by atoms with Crippen molar-refractivity contribution in [1.82, 2.24) is 4.90 Å². The number of piperidine rings is 1. The van der Waals surface area contributed by atoms with Crippen LogP contribution in [0.5, 0.6) is 0 Å². The van der Waals surface area contributed by atoms with Crippen LogP contribution in [0.1, 0.15) is 24.0 Å². The zero-order valence-corrected chi connectivity index (χ0v) is 17.3. The molecule has 1 fully saturated rings. The van der Waals surface area contributed by atoms with E-state index in [2.05, 4.69) is 101 Å². The van der Waals surface area contributed by atoms with Crippen LogP contribution in [0.2, 0.25) is 0 Å². The highest BCUT2D eigenvalue weighted by atomic mass is 15.2. The average Bonchev–Trinajstić information content (AvgIpc) is 2.81. The summed E-state index contributed by atoms with van der Waals surface area (Å²) in [7, 11) is 0. The van der Waals surface area contributed by atoms with Gasteiger partial charge in [-0.1, -0.05) is 78.9 Å². The number of benzene rings is 3. The fourth-order valence-electron chi connectivity index (χ4n) is 4.42. The van der Waals surface area contributed by atoms with Crippen molar-refractivity contribution in [1.29, 1.82) is 0 Å². The molecule has 1 aliphatic rings. The average molecular weight is 385 g/mol. The van der Waals surface area contributed by atoms with Crippen LogP contribution in [-0.4, -0.2) is 37.1 Å². The number of rotatable bonds is 8. The second kappa shape index (κ2) is 10.3. The predicted molar refractivity (Wildman–Crippen MR) is 124 cm³/mol. The molecule has 1 heterocycles. The maximum atomic E-state index is 2.65. The zero-order chi connectivity index (χ0) is 19.7. The van der Waals surface area contributed by atoms with E-state index in [0.717, 1.165) is 19.4 Å². The number of likely N-dealkylation sites (tertiary alicyclic amines) is 1. The van der Waals surface area contributed by atoms with E-state index in [1.165, 1.54) is 49.3 Å². The molecule has 0 N–H and O–H groups in total. The summed E-state index contributed by atoms with van der Waals surface area (Å²) in [6.07, 6.45) is 4.75. The van der Waals surface area contributed by atoms with Crippen molar-refractivity contribution >= 4 is 5.69 Å². The molecule has 0 saturated carbocycles. The summed E-state index contributed by atoms with van der Waals surface area (Å²) >= 11 is 0. The van der Waals surface area contributed by atoms with Gasteiger partial charge in [0, 0.05) is 37.9 Å². The van der Waals surface area contributed by atoms with Gasteiger partial charge in [0.2, 0.25) is 0 Å². The van der Waals surface area contributed by atoms with E-state index in [1.54, 1.807) is 0 Å². The number of nitrogens with zero attached hydrogens (tertiary/aromatic N) is 2. The lowest BCUT2D eigenvalue weighted by Crippen LogP contribution is -2.46. The van der Waals surface area contributed by atoms with Crippen molar-refractivity contribution in [2.45, 2.75) is 31.7 Å². The Morgan fingerprint density at radius 3 is 1.76 bits per heavy atom. The van der Waals surface area contributed by atoms with Gasteiger partial charge < -0.3 is 9.80 Å². The third-order valence-corrected chi connectivity index (χ3v) is 6.13.